The van der Waals surface area contributed by atoms with E-state index in [4.69, 9.17) is 52.1 Å². The first-order chi connectivity index (χ1) is 39.9. The molecule has 13 unspecified atom stereocenters. The van der Waals surface area contributed by atoms with Crippen molar-refractivity contribution < 1.29 is 72.5 Å². The summed E-state index contributed by atoms with van der Waals surface area (Å²) in [5.41, 5.74) is -7.03. The summed E-state index contributed by atoms with van der Waals surface area (Å²) in [7, 11) is 0. The predicted octanol–water partition coefficient (Wildman–Crippen LogP) is 8.01. The van der Waals surface area contributed by atoms with E-state index in [-0.39, 0.29) is 78.8 Å². The number of hydrogen-bond acceptors (Lipinski definition) is 19. The molecule has 0 saturated carbocycles. The van der Waals surface area contributed by atoms with Gasteiger partial charge < -0.3 is 72.5 Å². The zero-order chi connectivity index (χ0) is 65.7. The van der Waals surface area contributed by atoms with Crippen LogP contribution in [0.5, 0.6) is 0 Å². The Morgan fingerprint density at radius 3 is 0.874 bits per heavy atom. The Hall–Kier alpha value is -0.760. The lowest BCUT2D eigenvalue weighted by atomic mass is 9.89. The molecular formula is C68H134N4O15. The number of aliphatic hydroxyl groups excluding tert-OH is 4. The summed E-state index contributed by atoms with van der Waals surface area (Å²) in [5, 5.41) is 44.0. The van der Waals surface area contributed by atoms with Crippen molar-refractivity contribution in [2.75, 3.05) is 138 Å². The van der Waals surface area contributed by atoms with Crippen LogP contribution in [-0.4, -0.2) is 278 Å². The molecular weight excluding hydrogens is 1110 g/mol. The summed E-state index contributed by atoms with van der Waals surface area (Å²) >= 11 is 0. The average Bonchev–Trinajstić information content (AvgIpc) is 2.65. The Balaban J connectivity index is 1.61. The fourth-order valence-corrected chi connectivity index (χ4v) is 11.0. The monoisotopic (exact) mass is 1250 g/mol. The molecule has 0 bridgehead atoms. The Morgan fingerprint density at radius 2 is 0.598 bits per heavy atom. The molecule has 4 heterocycles. The van der Waals surface area contributed by atoms with Gasteiger partial charge in [-0.3, -0.25) is 19.6 Å². The summed E-state index contributed by atoms with van der Waals surface area (Å²) < 4.78 is 74.4. The van der Waals surface area contributed by atoms with Crippen molar-refractivity contribution in [1.82, 2.24) is 19.6 Å². The van der Waals surface area contributed by atoms with Crippen molar-refractivity contribution in [2.45, 2.75) is 291 Å². The van der Waals surface area contributed by atoms with E-state index < -0.39 is 80.1 Å². The molecule has 0 aliphatic carbocycles. The summed E-state index contributed by atoms with van der Waals surface area (Å²) in [6.07, 6.45) is 0.443. The molecule has 4 saturated heterocycles. The van der Waals surface area contributed by atoms with Gasteiger partial charge in [-0.15, -0.1) is 0 Å². The first-order valence-corrected chi connectivity index (χ1v) is 33.4. The third-order valence-electron chi connectivity index (χ3n) is 17.5. The number of ether oxygens (including phenoxy) is 11. The highest BCUT2D eigenvalue weighted by Crippen LogP contribution is 2.35. The van der Waals surface area contributed by atoms with E-state index in [1.54, 1.807) is 0 Å². The largest absolute Gasteiger partial charge is 0.392 e. The van der Waals surface area contributed by atoms with E-state index in [1.807, 2.05) is 118 Å². The van der Waals surface area contributed by atoms with Crippen molar-refractivity contribution >= 4 is 0 Å². The van der Waals surface area contributed by atoms with Gasteiger partial charge in [0.1, 0.15) is 0 Å². The second-order valence-corrected chi connectivity index (χ2v) is 32.8. The number of hydrogen-bond donors (Lipinski definition) is 4. The van der Waals surface area contributed by atoms with Crippen molar-refractivity contribution in [1.29, 1.82) is 0 Å². The van der Waals surface area contributed by atoms with Crippen LogP contribution in [0, 0.1) is 10.8 Å². The van der Waals surface area contributed by atoms with E-state index in [2.05, 4.69) is 61.1 Å². The Bertz CT molecular complexity index is 1910. The van der Waals surface area contributed by atoms with E-state index in [9.17, 15) is 20.4 Å². The summed E-state index contributed by atoms with van der Waals surface area (Å²) in [6, 6.07) is 2.03. The topological polar surface area (TPSA) is 194 Å². The normalized spacial score (nSPS) is 25.9. The van der Waals surface area contributed by atoms with E-state index in [1.165, 1.54) is 0 Å². The molecule has 19 nitrogen and oxygen atoms in total. The molecule has 0 radical (unpaired) electrons. The van der Waals surface area contributed by atoms with Crippen molar-refractivity contribution in [3.63, 3.8) is 0 Å². The van der Waals surface area contributed by atoms with Crippen LogP contribution < -0.4 is 0 Å². The maximum absolute atomic E-state index is 11.0. The lowest BCUT2D eigenvalue weighted by molar-refractivity contribution is -0.206. The molecule has 13 atom stereocenters. The lowest BCUT2D eigenvalue weighted by Crippen LogP contribution is -2.50. The minimum atomic E-state index is -0.859. The molecule has 0 aromatic carbocycles. The SMILES string of the molecule is CCOCC(COCC(COC(C)C)(COC(C)(C)CCOC(C)(C)CC(O)CN1CC1C)COC(C)(C)COC(C)(C)CC(O)CN1CC1C)(COC(C)(C)COC(C)(C)CC(O)CN1CC1C)COC(C)(C)COC(C)(C)CC(O)CN1CC1C. The van der Waals surface area contributed by atoms with Gasteiger partial charge in [-0.2, -0.15) is 0 Å². The molecule has 19 heteroatoms. The number of nitrogens with zero attached hydrogens (tertiary/aromatic N) is 4. The van der Waals surface area contributed by atoms with Gasteiger partial charge in [-0.05, 0) is 166 Å². The fraction of sp³-hybridized carbons (Fsp3) is 1.00. The van der Waals surface area contributed by atoms with Gasteiger partial charge in [-0.1, -0.05) is 0 Å². The number of β-amino-alcohol motifs (C(OH)–C–C–N with tert-alkyl or cyclic N) is 4. The predicted molar refractivity (Wildman–Crippen MR) is 345 cm³/mol. The van der Waals surface area contributed by atoms with Gasteiger partial charge in [0.15, 0.2) is 0 Å². The molecule has 4 aliphatic rings. The standard InChI is InChI=1S/C68H134N4O15/c1-24-77-42-67(46-85-64(18,19)39-81-61(12,13)28-56(74)36-70-32-52(70)5,47-86-65(20,21)40-82-62(14,15)29-57(75)37-71-33-53(71)6)43-78-44-68(45-79-50(2)3,49-87-66(22,23)41-83-63(16,17)30-58(76)38-72-34-54(72)7)48-84-59(8,9)25-26-80-60(10,11)27-55(73)35-69-31-51(69)4/h50-58,73-76H,24-49H2,1-23H3. The third kappa shape index (κ3) is 32.3. The van der Waals surface area contributed by atoms with Crippen LogP contribution in [0.2, 0.25) is 0 Å². The summed E-state index contributed by atoms with van der Waals surface area (Å²) in [4.78, 5) is 9.05. The minimum absolute atomic E-state index is 0.115. The zero-order valence-corrected chi connectivity index (χ0v) is 59.6. The molecule has 4 rings (SSSR count). The summed E-state index contributed by atoms with van der Waals surface area (Å²) in [6.45, 7) is 57.1. The molecule has 0 aromatic rings. The van der Waals surface area contributed by atoms with Crippen molar-refractivity contribution in [2.24, 2.45) is 10.8 Å². The first kappa shape index (κ1) is 78.7. The van der Waals surface area contributed by atoms with E-state index in [0.717, 1.165) is 26.2 Å². The third-order valence-corrected chi connectivity index (χ3v) is 17.5. The number of aliphatic hydroxyl groups is 4. The lowest BCUT2D eigenvalue weighted by Gasteiger charge is -2.42. The van der Waals surface area contributed by atoms with Crippen LogP contribution in [-0.2, 0) is 52.1 Å². The van der Waals surface area contributed by atoms with Gasteiger partial charge in [0.05, 0.1) is 165 Å². The van der Waals surface area contributed by atoms with Crippen LogP contribution in [0.3, 0.4) is 0 Å². The van der Waals surface area contributed by atoms with Crippen LogP contribution >= 0.6 is 0 Å². The smallest absolute Gasteiger partial charge is 0.0859 e. The molecule has 87 heavy (non-hydrogen) atoms. The molecule has 0 amide bonds. The van der Waals surface area contributed by atoms with Crippen LogP contribution in [0.1, 0.15) is 191 Å². The fourth-order valence-electron chi connectivity index (χ4n) is 11.0. The molecule has 4 fully saturated rings. The van der Waals surface area contributed by atoms with Crippen LogP contribution in [0.25, 0.3) is 0 Å². The highest BCUT2D eigenvalue weighted by molar-refractivity contribution is 4.93. The second kappa shape index (κ2) is 33.1. The van der Waals surface area contributed by atoms with E-state index >= 15 is 0 Å². The van der Waals surface area contributed by atoms with Gasteiger partial charge in [-0.25, -0.2) is 0 Å². The van der Waals surface area contributed by atoms with Crippen LogP contribution in [0.4, 0.5) is 0 Å². The van der Waals surface area contributed by atoms with Crippen LogP contribution in [0.15, 0.2) is 0 Å². The Labute approximate surface area is 530 Å². The Kier molecular flexibility index (Phi) is 29.9. The van der Waals surface area contributed by atoms with Gasteiger partial charge >= 0.3 is 0 Å². The molecule has 516 valence electrons. The Morgan fingerprint density at radius 1 is 0.345 bits per heavy atom. The average molecular weight is 1250 g/mol. The quantitative estimate of drug-likeness (QED) is 0.0428. The molecule has 4 N–H and O–H groups in total. The first-order valence-electron chi connectivity index (χ1n) is 33.4. The number of rotatable bonds is 51. The van der Waals surface area contributed by atoms with Crippen molar-refractivity contribution in [3.8, 4) is 0 Å². The minimum Gasteiger partial charge on any atom is -0.392 e. The van der Waals surface area contributed by atoms with Gasteiger partial charge in [0, 0.05) is 109 Å². The van der Waals surface area contributed by atoms with E-state index in [0.29, 0.717) is 95.7 Å². The molecule has 0 spiro atoms. The highest BCUT2D eigenvalue weighted by Gasteiger charge is 2.44. The second-order valence-electron chi connectivity index (χ2n) is 32.8. The summed E-state index contributed by atoms with van der Waals surface area (Å²) in [5.74, 6) is 0. The highest BCUT2D eigenvalue weighted by atomic mass is 16.6. The van der Waals surface area contributed by atoms with Crippen molar-refractivity contribution in [3.05, 3.63) is 0 Å². The molecule has 4 aliphatic heterocycles. The maximum atomic E-state index is 11.0. The van der Waals surface area contributed by atoms with Gasteiger partial charge in [0.25, 0.3) is 0 Å². The van der Waals surface area contributed by atoms with Gasteiger partial charge in [0.2, 0.25) is 0 Å². The zero-order valence-electron chi connectivity index (χ0n) is 59.6. The molecule has 0 aromatic heterocycles. The maximum Gasteiger partial charge on any atom is 0.0859 e.